The van der Waals surface area contributed by atoms with Gasteiger partial charge in [-0.3, -0.25) is 9.59 Å². The number of aromatic hydroxyl groups is 1. The van der Waals surface area contributed by atoms with Crippen molar-refractivity contribution in [2.45, 2.75) is 56.3 Å². The number of piperidine rings is 1. The van der Waals surface area contributed by atoms with E-state index in [0.29, 0.717) is 24.8 Å². The number of likely N-dealkylation sites (tertiary alicyclic amines) is 1. The van der Waals surface area contributed by atoms with Crippen LogP contribution >= 0.6 is 0 Å². The van der Waals surface area contributed by atoms with E-state index in [1.807, 2.05) is 20.9 Å². The van der Waals surface area contributed by atoms with Gasteiger partial charge in [-0.15, -0.1) is 0 Å². The third kappa shape index (κ3) is 3.96. The molecule has 1 spiro atoms. The van der Waals surface area contributed by atoms with E-state index in [0.717, 1.165) is 17.2 Å². The zero-order valence-electron chi connectivity index (χ0n) is 19.9. The Morgan fingerprint density at radius 3 is 2.77 bits per heavy atom. The molecule has 1 aliphatic carbocycles. The first-order chi connectivity index (χ1) is 16.5. The highest BCUT2D eigenvalue weighted by Gasteiger charge is 2.69. The fraction of sp³-hybridized carbons (Fsp3) is 0.480. The molecule has 2 unspecified atom stereocenters. The first kappa shape index (κ1) is 24.7. The summed E-state index contributed by atoms with van der Waals surface area (Å²) < 4.78 is 11.9. The number of aliphatic carboxylic acids is 1. The number of carbonyl (C=O) groups excluding carboxylic acids is 2. The zero-order valence-corrected chi connectivity index (χ0v) is 19.9. The predicted molar refractivity (Wildman–Crippen MR) is 124 cm³/mol. The Morgan fingerprint density at radius 1 is 1.31 bits per heavy atom. The van der Waals surface area contributed by atoms with E-state index < -0.39 is 35.0 Å². The molecule has 0 radical (unpaired) electrons. The Bertz CT molecular complexity index is 1130. The van der Waals surface area contributed by atoms with Crippen LogP contribution in [0.2, 0.25) is 0 Å². The summed E-state index contributed by atoms with van der Waals surface area (Å²) >= 11 is 0. The average Bonchev–Trinajstić information content (AvgIpc) is 3.17. The van der Waals surface area contributed by atoms with Gasteiger partial charge >= 0.3 is 11.9 Å². The highest BCUT2D eigenvalue weighted by Crippen LogP contribution is 2.62. The van der Waals surface area contributed by atoms with Gasteiger partial charge in [-0.25, -0.2) is 4.79 Å². The van der Waals surface area contributed by atoms with Gasteiger partial charge in [0.2, 0.25) is 5.91 Å². The molecule has 1 aromatic rings. The molecular weight excluding hydrogens is 456 g/mol. The van der Waals surface area contributed by atoms with Crippen LogP contribution in [0.25, 0.3) is 0 Å². The zero-order chi connectivity index (χ0) is 25.5. The number of benzene rings is 1. The number of esters is 1. The molecule has 35 heavy (non-hydrogen) atoms. The maximum atomic E-state index is 12.6. The van der Waals surface area contributed by atoms with E-state index in [2.05, 4.69) is 10.2 Å². The molecule has 4 rings (SSSR count). The highest BCUT2D eigenvalue weighted by atomic mass is 16.6. The molecule has 2 aliphatic heterocycles. The van der Waals surface area contributed by atoms with Crippen molar-refractivity contribution in [2.75, 3.05) is 20.1 Å². The molecule has 10 nitrogen and oxygen atoms in total. The maximum absolute atomic E-state index is 12.6. The number of ether oxygens (including phenoxy) is 2. The van der Waals surface area contributed by atoms with Crippen LogP contribution < -0.4 is 10.1 Å². The molecule has 4 N–H and O–H groups in total. The molecule has 1 amide bonds. The fourth-order valence-corrected chi connectivity index (χ4v) is 5.68. The van der Waals surface area contributed by atoms with Crippen LogP contribution in [0.5, 0.6) is 11.5 Å². The van der Waals surface area contributed by atoms with Gasteiger partial charge in [0, 0.05) is 36.7 Å². The quantitative estimate of drug-likeness (QED) is 0.343. The Morgan fingerprint density at radius 2 is 2.06 bits per heavy atom. The molecule has 2 heterocycles. The van der Waals surface area contributed by atoms with Gasteiger partial charge in [-0.1, -0.05) is 6.07 Å². The number of rotatable bonds is 6. The predicted octanol–water partition coefficient (Wildman–Crippen LogP) is 1.13. The first-order valence-electron chi connectivity index (χ1n) is 11.5. The number of carboxylic acids is 1. The summed E-state index contributed by atoms with van der Waals surface area (Å²) in [6.45, 7) is 4.50. The highest BCUT2D eigenvalue weighted by molar-refractivity contribution is 5.94. The molecule has 1 aromatic carbocycles. The average molecular weight is 487 g/mol. The largest absolute Gasteiger partial charge is 0.504 e. The molecule has 4 atom stereocenters. The van der Waals surface area contributed by atoms with Crippen molar-refractivity contribution in [2.24, 2.45) is 0 Å². The van der Waals surface area contributed by atoms with Gasteiger partial charge in [-0.2, -0.15) is 0 Å². The number of amides is 1. The number of carboxylic acid groups (broad SMARTS) is 1. The van der Waals surface area contributed by atoms with Gasteiger partial charge in [-0.05, 0) is 51.6 Å². The number of phenols is 1. The Hall–Kier alpha value is -3.37. The van der Waals surface area contributed by atoms with E-state index in [4.69, 9.17) is 14.6 Å². The number of hydrogen-bond donors (Lipinski definition) is 4. The van der Waals surface area contributed by atoms with Crippen LogP contribution in [0.4, 0.5) is 0 Å². The lowest BCUT2D eigenvalue weighted by atomic mass is 9.54. The van der Waals surface area contributed by atoms with Crippen LogP contribution in [0.15, 0.2) is 36.1 Å². The summed E-state index contributed by atoms with van der Waals surface area (Å²) in [6.07, 6.45) is 3.04. The molecule has 188 valence electrons. The summed E-state index contributed by atoms with van der Waals surface area (Å²) in [5.41, 5.74) is -0.532. The van der Waals surface area contributed by atoms with Gasteiger partial charge in [0.1, 0.15) is 5.76 Å². The molecule has 3 aliphatic rings. The fourth-order valence-electron chi connectivity index (χ4n) is 5.68. The van der Waals surface area contributed by atoms with Crippen molar-refractivity contribution >= 4 is 17.8 Å². The lowest BCUT2D eigenvalue weighted by Crippen LogP contribution is -2.71. The maximum Gasteiger partial charge on any atom is 0.328 e. The lowest BCUT2D eigenvalue weighted by Gasteiger charge is -2.58. The van der Waals surface area contributed by atoms with E-state index in [1.165, 1.54) is 0 Å². The summed E-state index contributed by atoms with van der Waals surface area (Å²) in [5, 5.41) is 33.7. The van der Waals surface area contributed by atoms with E-state index in [-0.39, 0.29) is 36.9 Å². The number of carbonyl (C=O) groups is 3. The Balaban J connectivity index is 1.59. The van der Waals surface area contributed by atoms with Gasteiger partial charge in [0.25, 0.3) is 0 Å². The molecule has 1 fully saturated rings. The number of phenolic OH excluding ortho intramolecular Hbond substituents is 1. The standard InChI is InChI=1S/C25H30N2O8/c1-14-4-5-16(28)22-21(14)24-11-13-27(3)15(2)25(24,33)10-8-17(23(24)35-22)34-20(32)9-12-26-18(29)6-7-19(30)31/h4-8,15,23,28,33H,9-13H2,1-3H3,(H,26,29)(H,30,31)/b7-6+/t15-,23?,24?,25-/m1/s1. The van der Waals surface area contributed by atoms with Gasteiger partial charge in [0.05, 0.1) is 17.4 Å². The first-order valence-corrected chi connectivity index (χ1v) is 11.5. The van der Waals surface area contributed by atoms with Crippen LogP contribution in [0.1, 0.15) is 37.3 Å². The molecule has 0 aromatic heterocycles. The van der Waals surface area contributed by atoms with Crippen LogP contribution in [0, 0.1) is 6.92 Å². The molecular formula is C25H30N2O8. The lowest BCUT2D eigenvalue weighted by molar-refractivity contribution is -0.161. The third-order valence-corrected chi connectivity index (χ3v) is 7.57. The molecule has 10 heteroatoms. The third-order valence-electron chi connectivity index (χ3n) is 7.57. The number of likely N-dealkylation sites (N-methyl/N-ethyl adjacent to an activating group) is 1. The topological polar surface area (TPSA) is 146 Å². The second-order valence-electron chi connectivity index (χ2n) is 9.40. The SMILES string of the molecule is Cc1ccc(O)c2c1C13CCN(C)[C@H](C)[C@]1(O)CC=C(OC(=O)CCNC(=O)/C=C/C(=O)O)C3O2. The van der Waals surface area contributed by atoms with Crippen molar-refractivity contribution in [3.8, 4) is 11.5 Å². The molecule has 1 saturated heterocycles. The number of nitrogens with one attached hydrogen (secondary N) is 1. The van der Waals surface area contributed by atoms with Crippen molar-refractivity contribution < 1.29 is 39.2 Å². The molecule has 0 saturated carbocycles. The summed E-state index contributed by atoms with van der Waals surface area (Å²) in [4.78, 5) is 36.8. The van der Waals surface area contributed by atoms with Crippen LogP contribution in [0.3, 0.4) is 0 Å². The second kappa shape index (κ2) is 9.01. The van der Waals surface area contributed by atoms with Gasteiger partial charge in [0.15, 0.2) is 17.6 Å². The number of hydrogen-bond acceptors (Lipinski definition) is 8. The number of fused-ring (bicyclic) bond motifs is 1. The number of aryl methyl sites for hydroxylation is 1. The number of nitrogens with zero attached hydrogens (tertiary/aromatic N) is 1. The van der Waals surface area contributed by atoms with Crippen LogP contribution in [-0.4, -0.2) is 75.9 Å². The Kier molecular flexibility index (Phi) is 6.37. The normalized spacial score (nSPS) is 29.4. The van der Waals surface area contributed by atoms with Crippen molar-refractivity contribution in [1.82, 2.24) is 10.2 Å². The summed E-state index contributed by atoms with van der Waals surface area (Å²) in [5.74, 6) is -1.97. The summed E-state index contributed by atoms with van der Waals surface area (Å²) in [7, 11) is 1.95. The minimum absolute atomic E-state index is 0.0360. The van der Waals surface area contributed by atoms with E-state index in [1.54, 1.807) is 18.2 Å². The van der Waals surface area contributed by atoms with Crippen molar-refractivity contribution in [1.29, 1.82) is 0 Å². The summed E-state index contributed by atoms with van der Waals surface area (Å²) in [6, 6.07) is 3.12. The Labute approximate surface area is 202 Å². The van der Waals surface area contributed by atoms with E-state index in [9.17, 15) is 24.6 Å². The molecule has 0 bridgehead atoms. The van der Waals surface area contributed by atoms with Gasteiger partial charge < -0.3 is 35.0 Å². The second-order valence-corrected chi connectivity index (χ2v) is 9.40. The minimum Gasteiger partial charge on any atom is -0.504 e. The minimum atomic E-state index is -1.25. The monoisotopic (exact) mass is 486 g/mol. The number of aliphatic hydroxyl groups is 1. The van der Waals surface area contributed by atoms with Crippen molar-refractivity contribution in [3.63, 3.8) is 0 Å². The van der Waals surface area contributed by atoms with Crippen LogP contribution in [-0.2, 0) is 24.5 Å². The smallest absolute Gasteiger partial charge is 0.328 e. The van der Waals surface area contributed by atoms with E-state index >= 15 is 0 Å². The van der Waals surface area contributed by atoms with Crippen molar-refractivity contribution in [3.05, 3.63) is 47.2 Å².